The summed E-state index contributed by atoms with van der Waals surface area (Å²) in [5, 5.41) is 2.94. The number of carbonyl (C=O) groups is 2. The molecule has 0 aliphatic carbocycles. The van der Waals surface area contributed by atoms with Crippen LogP contribution in [0.15, 0.2) is 18.3 Å². The van der Waals surface area contributed by atoms with Gasteiger partial charge in [0.05, 0.1) is 11.2 Å². The van der Waals surface area contributed by atoms with Gasteiger partial charge < -0.3 is 24.3 Å². The van der Waals surface area contributed by atoms with Crippen molar-refractivity contribution in [2.24, 2.45) is 0 Å². The van der Waals surface area contributed by atoms with Crippen molar-refractivity contribution in [1.29, 1.82) is 0 Å². The molecule has 3 heterocycles. The van der Waals surface area contributed by atoms with Crippen LogP contribution in [0.5, 0.6) is 0 Å². The molecule has 8 nitrogen and oxygen atoms in total. The third kappa shape index (κ3) is 4.95. The Morgan fingerprint density at radius 2 is 1.83 bits per heavy atom. The lowest BCUT2D eigenvalue weighted by Gasteiger charge is -2.32. The second-order valence-electron chi connectivity index (χ2n) is 9.95. The topological polar surface area (TPSA) is 90.0 Å². The van der Waals surface area contributed by atoms with E-state index in [-0.39, 0.29) is 18.0 Å². The first-order valence-corrected chi connectivity index (χ1v) is 10.4. The maximum atomic E-state index is 12.6. The summed E-state index contributed by atoms with van der Waals surface area (Å²) in [4.78, 5) is 30.6. The maximum Gasteiger partial charge on any atom is 0.496 e. The van der Waals surface area contributed by atoms with E-state index in [1.807, 2.05) is 48.5 Å². The van der Waals surface area contributed by atoms with E-state index in [0.717, 1.165) is 5.46 Å². The molecule has 0 saturated carbocycles. The molecular weight excluding hydrogens is 385 g/mol. The van der Waals surface area contributed by atoms with Crippen molar-refractivity contribution in [3.63, 3.8) is 0 Å². The quantitative estimate of drug-likeness (QED) is 0.758. The molecule has 164 valence electrons. The zero-order valence-electron chi connectivity index (χ0n) is 18.9. The van der Waals surface area contributed by atoms with E-state index >= 15 is 0 Å². The molecule has 2 aliphatic rings. The van der Waals surface area contributed by atoms with E-state index in [4.69, 9.17) is 14.0 Å². The normalized spacial score (nSPS) is 22.8. The fourth-order valence-electron chi connectivity index (χ4n) is 3.29. The minimum atomic E-state index is -0.540. The Balaban J connectivity index is 1.55. The molecule has 9 heteroatoms. The second-order valence-corrected chi connectivity index (χ2v) is 9.95. The summed E-state index contributed by atoms with van der Waals surface area (Å²) in [6.45, 7) is 14.4. The highest BCUT2D eigenvalue weighted by Gasteiger charge is 2.51. The molecule has 1 atom stereocenters. The Morgan fingerprint density at radius 1 is 1.20 bits per heavy atom. The summed E-state index contributed by atoms with van der Waals surface area (Å²) in [6, 6.07) is 3.33. The minimum Gasteiger partial charge on any atom is -0.444 e. The SMILES string of the molecule is CC(C)(C)OC(=O)N1CC[C@@H](NC(=O)c2ccc(B3OC(C)(C)C(C)(C)O3)cn2)C1. The van der Waals surface area contributed by atoms with Crippen molar-refractivity contribution in [2.45, 2.75) is 77.7 Å². The van der Waals surface area contributed by atoms with Crippen LogP contribution in [0.1, 0.15) is 65.4 Å². The van der Waals surface area contributed by atoms with E-state index < -0.39 is 23.9 Å². The fourth-order valence-corrected chi connectivity index (χ4v) is 3.29. The van der Waals surface area contributed by atoms with Gasteiger partial charge in [0.15, 0.2) is 0 Å². The molecule has 2 saturated heterocycles. The van der Waals surface area contributed by atoms with E-state index in [0.29, 0.717) is 25.2 Å². The Kier molecular flexibility index (Phi) is 5.90. The first-order valence-electron chi connectivity index (χ1n) is 10.4. The molecule has 2 fully saturated rings. The Morgan fingerprint density at radius 3 is 2.37 bits per heavy atom. The van der Waals surface area contributed by atoms with E-state index in [2.05, 4.69) is 10.3 Å². The number of hydrogen-bond donors (Lipinski definition) is 1. The van der Waals surface area contributed by atoms with Gasteiger partial charge in [-0.05, 0) is 61.0 Å². The predicted molar refractivity (Wildman–Crippen MR) is 114 cm³/mol. The summed E-state index contributed by atoms with van der Waals surface area (Å²) >= 11 is 0. The molecule has 1 N–H and O–H groups in total. The first-order chi connectivity index (χ1) is 13.8. The molecule has 0 aromatic carbocycles. The standard InChI is InChI=1S/C21H32BN3O5/c1-19(2,3)28-18(27)25-11-10-15(13-25)24-17(26)16-9-8-14(12-23-16)22-29-20(4,5)21(6,7)30-22/h8-9,12,15H,10-11,13H2,1-7H3,(H,24,26)/t15-/m1/s1. The number of rotatable bonds is 3. The van der Waals surface area contributed by atoms with Gasteiger partial charge in [0.25, 0.3) is 5.91 Å². The zero-order chi connectivity index (χ0) is 22.3. The molecule has 0 bridgehead atoms. The first kappa shape index (κ1) is 22.6. The van der Waals surface area contributed by atoms with Crippen molar-refractivity contribution in [2.75, 3.05) is 13.1 Å². The maximum absolute atomic E-state index is 12.6. The van der Waals surface area contributed by atoms with Crippen LogP contribution in [0, 0.1) is 0 Å². The number of nitrogens with one attached hydrogen (secondary N) is 1. The molecule has 1 aromatic rings. The van der Waals surface area contributed by atoms with Crippen molar-refractivity contribution < 1.29 is 23.6 Å². The van der Waals surface area contributed by atoms with Crippen LogP contribution in [0.2, 0.25) is 0 Å². The molecule has 2 aliphatic heterocycles. The smallest absolute Gasteiger partial charge is 0.444 e. The molecule has 0 spiro atoms. The number of pyridine rings is 1. The van der Waals surface area contributed by atoms with Crippen LogP contribution in [-0.2, 0) is 14.0 Å². The predicted octanol–water partition coefficient (Wildman–Crippen LogP) is 2.12. The number of amides is 2. The Labute approximate surface area is 178 Å². The number of likely N-dealkylation sites (tertiary alicyclic amines) is 1. The third-order valence-corrected chi connectivity index (χ3v) is 5.72. The van der Waals surface area contributed by atoms with Crippen LogP contribution in [0.4, 0.5) is 4.79 Å². The van der Waals surface area contributed by atoms with Crippen LogP contribution in [0.25, 0.3) is 0 Å². The van der Waals surface area contributed by atoms with Crippen molar-refractivity contribution >= 4 is 24.6 Å². The highest BCUT2D eigenvalue weighted by atomic mass is 16.7. The average molecular weight is 417 g/mol. The van der Waals surface area contributed by atoms with E-state index in [1.165, 1.54) is 0 Å². The van der Waals surface area contributed by atoms with Gasteiger partial charge >= 0.3 is 13.2 Å². The zero-order valence-corrected chi connectivity index (χ0v) is 18.9. The molecule has 3 rings (SSSR count). The van der Waals surface area contributed by atoms with Crippen LogP contribution in [0.3, 0.4) is 0 Å². The highest BCUT2D eigenvalue weighted by molar-refractivity contribution is 6.62. The number of hydrogen-bond acceptors (Lipinski definition) is 6. The number of aromatic nitrogens is 1. The van der Waals surface area contributed by atoms with Crippen molar-refractivity contribution in [3.8, 4) is 0 Å². The van der Waals surface area contributed by atoms with Crippen LogP contribution < -0.4 is 10.8 Å². The second kappa shape index (κ2) is 7.85. The van der Waals surface area contributed by atoms with Gasteiger partial charge in [-0.3, -0.25) is 9.78 Å². The molecule has 2 amide bonds. The van der Waals surface area contributed by atoms with Gasteiger partial charge in [0.1, 0.15) is 11.3 Å². The lowest BCUT2D eigenvalue weighted by molar-refractivity contribution is 0.00578. The summed E-state index contributed by atoms with van der Waals surface area (Å²) in [7, 11) is -0.517. The summed E-state index contributed by atoms with van der Waals surface area (Å²) in [5.41, 5.74) is -0.332. The van der Waals surface area contributed by atoms with Gasteiger partial charge in [-0.2, -0.15) is 0 Å². The van der Waals surface area contributed by atoms with Gasteiger partial charge in [-0.25, -0.2) is 4.79 Å². The monoisotopic (exact) mass is 417 g/mol. The molecular formula is C21H32BN3O5. The lowest BCUT2D eigenvalue weighted by atomic mass is 9.80. The summed E-state index contributed by atoms with van der Waals surface area (Å²) in [6.07, 6.45) is 1.93. The lowest BCUT2D eigenvalue weighted by Crippen LogP contribution is -2.41. The van der Waals surface area contributed by atoms with Crippen molar-refractivity contribution in [1.82, 2.24) is 15.2 Å². The largest absolute Gasteiger partial charge is 0.496 e. The Hall–Kier alpha value is -2.13. The fraction of sp³-hybridized carbons (Fsp3) is 0.667. The third-order valence-electron chi connectivity index (χ3n) is 5.72. The molecule has 1 aromatic heterocycles. The van der Waals surface area contributed by atoms with Gasteiger partial charge in [-0.1, -0.05) is 6.07 Å². The van der Waals surface area contributed by atoms with E-state index in [1.54, 1.807) is 23.2 Å². The van der Waals surface area contributed by atoms with Gasteiger partial charge in [0, 0.05) is 30.8 Å². The minimum absolute atomic E-state index is 0.130. The number of carbonyl (C=O) groups excluding carboxylic acids is 2. The van der Waals surface area contributed by atoms with Gasteiger partial charge in [-0.15, -0.1) is 0 Å². The summed E-state index contributed by atoms with van der Waals surface area (Å²) in [5.74, 6) is -0.272. The summed E-state index contributed by atoms with van der Waals surface area (Å²) < 4.78 is 17.4. The highest BCUT2D eigenvalue weighted by Crippen LogP contribution is 2.36. The Bertz CT molecular complexity index is 788. The number of ether oxygens (including phenoxy) is 1. The molecule has 0 radical (unpaired) electrons. The van der Waals surface area contributed by atoms with Crippen molar-refractivity contribution in [3.05, 3.63) is 24.0 Å². The van der Waals surface area contributed by atoms with E-state index in [9.17, 15) is 9.59 Å². The average Bonchev–Trinajstić information content (AvgIpc) is 3.16. The molecule has 30 heavy (non-hydrogen) atoms. The van der Waals surface area contributed by atoms with Crippen LogP contribution in [-0.4, -0.2) is 64.9 Å². The van der Waals surface area contributed by atoms with Crippen LogP contribution >= 0.6 is 0 Å². The van der Waals surface area contributed by atoms with Gasteiger partial charge in [0.2, 0.25) is 0 Å². The number of nitrogens with zero attached hydrogens (tertiary/aromatic N) is 2. The molecule has 0 unspecified atom stereocenters.